The van der Waals surface area contributed by atoms with E-state index >= 15 is 0 Å². The molecule has 1 heterocycles. The fourth-order valence-electron chi connectivity index (χ4n) is 1.60. The number of hydrogen-bond donors (Lipinski definition) is 1. The van der Waals surface area contributed by atoms with E-state index in [-0.39, 0.29) is 5.82 Å². The van der Waals surface area contributed by atoms with Gasteiger partial charge in [-0.05, 0) is 25.5 Å². The van der Waals surface area contributed by atoms with Gasteiger partial charge in [0.25, 0.3) is 0 Å². The van der Waals surface area contributed by atoms with Crippen molar-refractivity contribution in [2.45, 2.75) is 20.3 Å². The number of nitrogens with zero attached hydrogens (tertiary/aromatic N) is 2. The van der Waals surface area contributed by atoms with Gasteiger partial charge in [0.2, 0.25) is 5.88 Å². The molecule has 0 unspecified atom stereocenters. The Kier molecular flexibility index (Phi) is 4.28. The van der Waals surface area contributed by atoms with Crippen LogP contribution in [0.2, 0.25) is 0 Å². The molecule has 2 aromatic rings. The summed E-state index contributed by atoms with van der Waals surface area (Å²) in [6.45, 7) is 4.78. The highest BCUT2D eigenvalue weighted by Crippen LogP contribution is 2.26. The highest BCUT2D eigenvalue weighted by atomic mass is 19.1. The monoisotopic (exact) mass is 261 g/mol. The zero-order chi connectivity index (χ0) is 13.7. The van der Waals surface area contributed by atoms with Crippen molar-refractivity contribution in [2.75, 3.05) is 11.9 Å². The minimum Gasteiger partial charge on any atom is -0.438 e. The van der Waals surface area contributed by atoms with Crippen molar-refractivity contribution < 1.29 is 9.13 Å². The molecular formula is C14H16FN3O. The third-order valence-corrected chi connectivity index (χ3v) is 2.59. The van der Waals surface area contributed by atoms with Gasteiger partial charge in [-0.25, -0.2) is 14.4 Å². The Balaban J connectivity index is 2.20. The molecule has 4 nitrogen and oxygen atoms in total. The van der Waals surface area contributed by atoms with Gasteiger partial charge in [0.05, 0.1) is 5.56 Å². The first-order valence-corrected chi connectivity index (χ1v) is 6.19. The smallest absolute Gasteiger partial charge is 0.227 e. The van der Waals surface area contributed by atoms with Crippen molar-refractivity contribution in [1.82, 2.24) is 9.97 Å². The maximum Gasteiger partial charge on any atom is 0.227 e. The number of nitrogens with one attached hydrogen (secondary N) is 1. The zero-order valence-corrected chi connectivity index (χ0v) is 11.0. The van der Waals surface area contributed by atoms with Crippen molar-refractivity contribution in [3.63, 3.8) is 0 Å². The van der Waals surface area contributed by atoms with E-state index in [2.05, 4.69) is 22.2 Å². The molecule has 1 N–H and O–H groups in total. The van der Waals surface area contributed by atoms with E-state index in [9.17, 15) is 4.39 Å². The van der Waals surface area contributed by atoms with Gasteiger partial charge >= 0.3 is 0 Å². The van der Waals surface area contributed by atoms with E-state index < -0.39 is 0 Å². The molecule has 0 aliphatic rings. The third-order valence-electron chi connectivity index (χ3n) is 2.59. The average Bonchev–Trinajstić information content (AvgIpc) is 2.40. The molecule has 2 rings (SSSR count). The highest BCUT2D eigenvalue weighted by Gasteiger charge is 2.09. The van der Waals surface area contributed by atoms with Crippen LogP contribution in [-0.2, 0) is 0 Å². The Morgan fingerprint density at radius 1 is 1.32 bits per heavy atom. The minimum absolute atomic E-state index is 0.339. The van der Waals surface area contributed by atoms with Crippen molar-refractivity contribution in [1.29, 1.82) is 0 Å². The van der Waals surface area contributed by atoms with Crippen LogP contribution in [0.1, 0.15) is 18.9 Å². The molecule has 0 aliphatic heterocycles. The van der Waals surface area contributed by atoms with Crippen LogP contribution >= 0.6 is 0 Å². The predicted octanol–water partition coefficient (Wildman–Crippen LogP) is 3.54. The second kappa shape index (κ2) is 6.13. The summed E-state index contributed by atoms with van der Waals surface area (Å²) in [5, 5.41) is 3.19. The van der Waals surface area contributed by atoms with Gasteiger partial charge in [-0.2, -0.15) is 0 Å². The predicted molar refractivity (Wildman–Crippen MR) is 72.0 cm³/mol. The summed E-state index contributed by atoms with van der Waals surface area (Å²) < 4.78 is 18.7. The largest absolute Gasteiger partial charge is 0.438 e. The van der Waals surface area contributed by atoms with E-state index in [4.69, 9.17) is 4.74 Å². The fourth-order valence-corrected chi connectivity index (χ4v) is 1.60. The van der Waals surface area contributed by atoms with E-state index in [0.29, 0.717) is 11.6 Å². The molecule has 0 spiro atoms. The summed E-state index contributed by atoms with van der Waals surface area (Å²) in [5.74, 6) is 1.25. The first-order valence-electron chi connectivity index (χ1n) is 6.19. The molecule has 19 heavy (non-hydrogen) atoms. The van der Waals surface area contributed by atoms with Crippen molar-refractivity contribution >= 4 is 5.82 Å². The Morgan fingerprint density at radius 3 is 2.89 bits per heavy atom. The first kappa shape index (κ1) is 13.3. The lowest BCUT2D eigenvalue weighted by atomic mass is 10.3. The molecule has 0 bridgehead atoms. The average molecular weight is 261 g/mol. The van der Waals surface area contributed by atoms with Gasteiger partial charge < -0.3 is 10.1 Å². The van der Waals surface area contributed by atoms with Crippen LogP contribution in [0, 0.1) is 12.7 Å². The Hall–Kier alpha value is -2.17. The molecule has 0 radical (unpaired) electrons. The zero-order valence-electron chi connectivity index (χ0n) is 11.0. The summed E-state index contributed by atoms with van der Waals surface area (Å²) >= 11 is 0. The van der Waals surface area contributed by atoms with Gasteiger partial charge in [0, 0.05) is 12.6 Å². The first-order chi connectivity index (χ1) is 9.20. The summed E-state index contributed by atoms with van der Waals surface area (Å²) in [6, 6.07) is 5.97. The lowest BCUT2D eigenvalue weighted by molar-refractivity contribution is 0.453. The molecular weight excluding hydrogens is 245 g/mol. The molecule has 1 aromatic heterocycles. The number of aromatic nitrogens is 2. The normalized spacial score (nSPS) is 10.3. The number of anilines is 1. The van der Waals surface area contributed by atoms with Crippen molar-refractivity contribution in [3.05, 3.63) is 42.0 Å². The minimum atomic E-state index is -0.339. The lowest BCUT2D eigenvalue weighted by Crippen LogP contribution is -2.05. The van der Waals surface area contributed by atoms with Gasteiger partial charge in [-0.15, -0.1) is 0 Å². The Labute approximate surface area is 111 Å². The Morgan fingerprint density at radius 2 is 2.16 bits per heavy atom. The Bertz CT molecular complexity index is 560. The van der Waals surface area contributed by atoms with Gasteiger partial charge in [-0.1, -0.05) is 13.0 Å². The quantitative estimate of drug-likeness (QED) is 0.894. The van der Waals surface area contributed by atoms with Crippen LogP contribution in [-0.4, -0.2) is 16.5 Å². The van der Waals surface area contributed by atoms with E-state index in [1.54, 1.807) is 12.1 Å². The third kappa shape index (κ3) is 3.40. The second-order valence-electron chi connectivity index (χ2n) is 4.14. The van der Waals surface area contributed by atoms with Gasteiger partial charge in [0.1, 0.15) is 23.7 Å². The van der Waals surface area contributed by atoms with Crippen molar-refractivity contribution in [3.8, 4) is 11.6 Å². The van der Waals surface area contributed by atoms with Crippen LogP contribution < -0.4 is 10.1 Å². The van der Waals surface area contributed by atoms with E-state index in [0.717, 1.165) is 24.3 Å². The summed E-state index contributed by atoms with van der Waals surface area (Å²) in [7, 11) is 0. The van der Waals surface area contributed by atoms with Crippen LogP contribution in [0.4, 0.5) is 10.2 Å². The van der Waals surface area contributed by atoms with E-state index in [1.807, 2.05) is 6.92 Å². The maximum absolute atomic E-state index is 13.1. The van der Waals surface area contributed by atoms with Crippen LogP contribution in [0.25, 0.3) is 0 Å². The van der Waals surface area contributed by atoms with Crippen LogP contribution in [0.5, 0.6) is 11.6 Å². The number of rotatable bonds is 5. The van der Waals surface area contributed by atoms with E-state index in [1.165, 1.54) is 18.5 Å². The molecule has 0 saturated carbocycles. The molecule has 100 valence electrons. The van der Waals surface area contributed by atoms with Gasteiger partial charge in [0.15, 0.2) is 0 Å². The molecule has 0 fully saturated rings. The summed E-state index contributed by atoms with van der Waals surface area (Å²) in [4.78, 5) is 8.24. The topological polar surface area (TPSA) is 47.0 Å². The molecule has 0 atom stereocenters. The number of ether oxygens (including phenoxy) is 1. The second-order valence-corrected chi connectivity index (χ2v) is 4.14. The maximum atomic E-state index is 13.1. The van der Waals surface area contributed by atoms with Gasteiger partial charge in [-0.3, -0.25) is 0 Å². The number of benzene rings is 1. The molecule has 0 saturated heterocycles. The SMILES string of the molecule is CCCNc1ncnc(Oc2cccc(F)c2)c1C. The molecule has 1 aromatic carbocycles. The molecule has 0 amide bonds. The number of halogens is 1. The fraction of sp³-hybridized carbons (Fsp3) is 0.286. The van der Waals surface area contributed by atoms with Crippen molar-refractivity contribution in [2.24, 2.45) is 0 Å². The molecule has 0 aliphatic carbocycles. The van der Waals surface area contributed by atoms with Crippen LogP contribution in [0.15, 0.2) is 30.6 Å². The number of hydrogen-bond acceptors (Lipinski definition) is 4. The lowest BCUT2D eigenvalue weighted by Gasteiger charge is -2.11. The highest BCUT2D eigenvalue weighted by molar-refractivity contribution is 5.48. The molecule has 5 heteroatoms. The standard InChI is InChI=1S/C14H16FN3O/c1-3-7-16-13-10(2)14(18-9-17-13)19-12-6-4-5-11(15)8-12/h4-6,8-9H,3,7H2,1-2H3,(H,16,17,18). The van der Waals surface area contributed by atoms with Crippen LogP contribution in [0.3, 0.4) is 0 Å². The summed E-state index contributed by atoms with van der Waals surface area (Å²) in [5.41, 5.74) is 0.806. The summed E-state index contributed by atoms with van der Waals surface area (Å²) in [6.07, 6.45) is 2.43.